The molecule has 0 aromatic heterocycles. The quantitative estimate of drug-likeness (QED) is 0.702. The van der Waals surface area contributed by atoms with Gasteiger partial charge in [-0.15, -0.1) is 0 Å². The molecular weight excluding hydrogens is 372 g/mol. The van der Waals surface area contributed by atoms with Crippen LogP contribution in [0.15, 0.2) is 23.8 Å². The number of aliphatic hydroxyl groups excluding tert-OH is 1. The van der Waals surface area contributed by atoms with Crippen LogP contribution in [0.3, 0.4) is 0 Å². The number of rotatable bonds is 3. The molecule has 6 nitrogen and oxygen atoms in total. The molecule has 158 valence electrons. The zero-order chi connectivity index (χ0) is 21.1. The van der Waals surface area contributed by atoms with Gasteiger partial charge in [0.15, 0.2) is 18.2 Å². The molecular formula is C23H30O6. The van der Waals surface area contributed by atoms with Gasteiger partial charge in [0.25, 0.3) is 0 Å². The van der Waals surface area contributed by atoms with E-state index in [1.165, 1.54) is 0 Å². The first-order valence-electron chi connectivity index (χ1n) is 10.6. The number of carbonyl (C=O) groups is 3. The average Bonchev–Trinajstić information content (AvgIpc) is 2.89. The minimum Gasteiger partial charge on any atom is -0.450 e. The lowest BCUT2D eigenvalue weighted by Gasteiger charge is -2.58. The predicted molar refractivity (Wildman–Crippen MR) is 105 cm³/mol. The van der Waals surface area contributed by atoms with Gasteiger partial charge in [-0.1, -0.05) is 32.4 Å². The fourth-order valence-corrected chi connectivity index (χ4v) is 7.60. The first-order chi connectivity index (χ1) is 13.6. The van der Waals surface area contributed by atoms with Gasteiger partial charge in [0, 0.05) is 17.3 Å². The molecule has 8 atom stereocenters. The zero-order valence-electron chi connectivity index (χ0n) is 17.3. The van der Waals surface area contributed by atoms with Gasteiger partial charge in [0.1, 0.15) is 0 Å². The minimum atomic E-state index is -1.44. The summed E-state index contributed by atoms with van der Waals surface area (Å²) in [5.74, 6) is 0.232. The van der Waals surface area contributed by atoms with Gasteiger partial charge in [-0.05, 0) is 61.0 Å². The van der Waals surface area contributed by atoms with Crippen molar-refractivity contribution < 1.29 is 29.3 Å². The smallest absolute Gasteiger partial charge is 0.450 e. The van der Waals surface area contributed by atoms with Crippen molar-refractivity contribution >= 4 is 17.7 Å². The van der Waals surface area contributed by atoms with E-state index in [1.54, 1.807) is 12.2 Å². The van der Waals surface area contributed by atoms with Crippen LogP contribution in [0.2, 0.25) is 0 Å². The molecule has 0 bridgehead atoms. The van der Waals surface area contributed by atoms with E-state index in [0.717, 1.165) is 24.8 Å². The molecule has 0 aromatic carbocycles. The summed E-state index contributed by atoms with van der Waals surface area (Å²) in [5, 5.41) is 20.1. The summed E-state index contributed by atoms with van der Waals surface area (Å²) in [4.78, 5) is 35.5. The van der Waals surface area contributed by atoms with Gasteiger partial charge in [0.2, 0.25) is 0 Å². The fraction of sp³-hybridized carbons (Fsp3) is 0.696. The molecule has 4 aliphatic carbocycles. The Bertz CT molecular complexity index is 812. The maximum absolute atomic E-state index is 12.9. The van der Waals surface area contributed by atoms with E-state index in [2.05, 4.69) is 25.5 Å². The SMILES string of the molecule is C[C@@H]1CC2C3CCC4=CC(=O)C=CC4(C)C3C(O)CC2(C)C1C(=O)COC(=O)O. The number of fused-ring (bicyclic) bond motifs is 5. The molecule has 0 aliphatic heterocycles. The Balaban J connectivity index is 1.65. The van der Waals surface area contributed by atoms with Gasteiger partial charge in [-0.25, -0.2) is 4.79 Å². The van der Waals surface area contributed by atoms with E-state index in [9.17, 15) is 19.5 Å². The number of Topliss-reactive ketones (excluding diaryl/α,β-unsaturated/α-hetero) is 1. The summed E-state index contributed by atoms with van der Waals surface area (Å²) in [5.41, 5.74) is 0.419. The Morgan fingerprint density at radius 3 is 2.72 bits per heavy atom. The summed E-state index contributed by atoms with van der Waals surface area (Å²) in [6.07, 6.45) is 6.48. The van der Waals surface area contributed by atoms with Crippen LogP contribution in [0.1, 0.15) is 46.5 Å². The summed E-state index contributed by atoms with van der Waals surface area (Å²) in [7, 11) is 0. The second kappa shape index (κ2) is 6.79. The summed E-state index contributed by atoms with van der Waals surface area (Å²) < 4.78 is 4.58. The summed E-state index contributed by atoms with van der Waals surface area (Å²) >= 11 is 0. The molecule has 7 unspecified atom stereocenters. The molecule has 0 saturated heterocycles. The number of allylic oxidation sites excluding steroid dienone is 4. The van der Waals surface area contributed by atoms with Crippen LogP contribution in [0.5, 0.6) is 0 Å². The van der Waals surface area contributed by atoms with Crippen molar-refractivity contribution in [1.29, 1.82) is 0 Å². The Hall–Kier alpha value is -1.95. The van der Waals surface area contributed by atoms with Crippen molar-refractivity contribution in [1.82, 2.24) is 0 Å². The van der Waals surface area contributed by atoms with E-state index < -0.39 is 18.9 Å². The van der Waals surface area contributed by atoms with E-state index in [1.807, 2.05) is 6.08 Å². The Labute approximate surface area is 171 Å². The lowest BCUT2D eigenvalue weighted by Crippen LogP contribution is -2.56. The van der Waals surface area contributed by atoms with Crippen molar-refractivity contribution in [3.05, 3.63) is 23.8 Å². The van der Waals surface area contributed by atoms with Gasteiger partial charge in [-0.3, -0.25) is 9.59 Å². The molecule has 0 amide bonds. The van der Waals surface area contributed by atoms with Crippen LogP contribution in [0.25, 0.3) is 0 Å². The second-order valence-corrected chi connectivity index (χ2v) is 10.0. The lowest BCUT2D eigenvalue weighted by atomic mass is 9.46. The topological polar surface area (TPSA) is 101 Å². The van der Waals surface area contributed by atoms with E-state index in [4.69, 9.17) is 5.11 Å². The first kappa shape index (κ1) is 20.3. The van der Waals surface area contributed by atoms with Crippen molar-refractivity contribution in [2.24, 2.45) is 40.4 Å². The number of ether oxygens (including phenoxy) is 1. The van der Waals surface area contributed by atoms with Crippen molar-refractivity contribution in [3.63, 3.8) is 0 Å². The highest BCUT2D eigenvalue weighted by Crippen LogP contribution is 2.67. The highest BCUT2D eigenvalue weighted by atomic mass is 16.7. The third-order valence-electron chi connectivity index (χ3n) is 8.52. The lowest BCUT2D eigenvalue weighted by molar-refractivity contribution is -0.143. The molecule has 3 saturated carbocycles. The van der Waals surface area contributed by atoms with Crippen LogP contribution < -0.4 is 0 Å². The van der Waals surface area contributed by atoms with Crippen molar-refractivity contribution in [3.8, 4) is 0 Å². The van der Waals surface area contributed by atoms with E-state index in [-0.39, 0.29) is 52.0 Å². The van der Waals surface area contributed by atoms with Gasteiger partial charge in [-0.2, -0.15) is 0 Å². The maximum atomic E-state index is 12.9. The Kier molecular flexibility index (Phi) is 4.76. The predicted octanol–water partition coefficient (Wildman–Crippen LogP) is 3.39. The fourth-order valence-electron chi connectivity index (χ4n) is 7.60. The van der Waals surface area contributed by atoms with Crippen LogP contribution in [0, 0.1) is 40.4 Å². The first-order valence-corrected chi connectivity index (χ1v) is 10.6. The molecule has 3 fully saturated rings. The molecule has 2 N–H and O–H groups in total. The molecule has 4 rings (SSSR count). The number of carboxylic acid groups (broad SMARTS) is 1. The van der Waals surface area contributed by atoms with Crippen LogP contribution in [-0.2, 0) is 14.3 Å². The number of hydrogen-bond donors (Lipinski definition) is 2. The Morgan fingerprint density at radius 1 is 1.31 bits per heavy atom. The maximum Gasteiger partial charge on any atom is 0.506 e. The molecule has 0 aromatic rings. The van der Waals surface area contributed by atoms with Crippen molar-refractivity contribution in [2.75, 3.05) is 6.61 Å². The molecule has 0 heterocycles. The standard InChI is InChI=1S/C23H30O6/c1-12-8-16-15-5-4-13-9-14(24)6-7-22(13,2)20(15)17(25)10-23(16,3)19(12)18(26)11-29-21(27)28/h6-7,9,12,15-17,19-20,25H,4-5,8,10-11H2,1-3H3,(H,27,28)/t12-,15?,16?,17?,19?,20?,22?,23?/m1/s1. The van der Waals surface area contributed by atoms with Crippen LogP contribution in [-0.4, -0.2) is 40.6 Å². The Morgan fingerprint density at radius 2 is 2.03 bits per heavy atom. The zero-order valence-corrected chi connectivity index (χ0v) is 17.3. The van der Waals surface area contributed by atoms with Gasteiger partial charge < -0.3 is 14.9 Å². The normalized spacial score (nSPS) is 45.7. The molecule has 6 heteroatoms. The van der Waals surface area contributed by atoms with E-state index >= 15 is 0 Å². The van der Waals surface area contributed by atoms with Crippen LogP contribution >= 0.6 is 0 Å². The number of carbonyl (C=O) groups excluding carboxylic acids is 2. The van der Waals surface area contributed by atoms with Gasteiger partial charge in [0.05, 0.1) is 6.10 Å². The second-order valence-electron chi connectivity index (χ2n) is 10.0. The molecule has 0 spiro atoms. The third kappa shape index (κ3) is 2.98. The number of aliphatic hydroxyl groups is 1. The van der Waals surface area contributed by atoms with Gasteiger partial charge >= 0.3 is 6.16 Å². The molecule has 29 heavy (non-hydrogen) atoms. The van der Waals surface area contributed by atoms with E-state index in [0.29, 0.717) is 6.42 Å². The monoisotopic (exact) mass is 402 g/mol. The van der Waals surface area contributed by atoms with Crippen LogP contribution in [0.4, 0.5) is 4.79 Å². The third-order valence-corrected chi connectivity index (χ3v) is 8.52. The highest BCUT2D eigenvalue weighted by Gasteiger charge is 2.64. The summed E-state index contributed by atoms with van der Waals surface area (Å²) in [6.45, 7) is 5.86. The minimum absolute atomic E-state index is 0.0182. The molecule has 0 radical (unpaired) electrons. The van der Waals surface area contributed by atoms with Crippen molar-refractivity contribution in [2.45, 2.75) is 52.6 Å². The highest BCUT2D eigenvalue weighted by molar-refractivity contribution is 6.01. The average molecular weight is 402 g/mol. The largest absolute Gasteiger partial charge is 0.506 e. The summed E-state index contributed by atoms with van der Waals surface area (Å²) in [6, 6.07) is 0. The number of ketones is 2. The number of hydrogen-bond acceptors (Lipinski definition) is 5. The molecule has 4 aliphatic rings.